The van der Waals surface area contributed by atoms with Gasteiger partial charge in [-0.1, -0.05) is 78.9 Å². The summed E-state index contributed by atoms with van der Waals surface area (Å²) in [4.78, 5) is 24.2. The van der Waals surface area contributed by atoms with Crippen molar-refractivity contribution < 1.29 is 24.2 Å². The van der Waals surface area contributed by atoms with Crippen LogP contribution in [0.5, 0.6) is 11.5 Å². The topological polar surface area (TPSA) is 72.8 Å². The molecule has 4 aromatic carbocycles. The van der Waals surface area contributed by atoms with Crippen LogP contribution in [0.2, 0.25) is 0 Å². The van der Waals surface area contributed by atoms with Gasteiger partial charge in [-0.2, -0.15) is 0 Å². The fourth-order valence-electron chi connectivity index (χ4n) is 3.69. The minimum absolute atomic E-state index is 0.0127. The van der Waals surface area contributed by atoms with Gasteiger partial charge >= 0.3 is 5.97 Å². The van der Waals surface area contributed by atoms with Gasteiger partial charge < -0.3 is 14.6 Å². The van der Waals surface area contributed by atoms with E-state index in [4.69, 9.17) is 9.47 Å². The normalized spacial score (nSPS) is 10.5. The Hall–Kier alpha value is -4.38. The molecule has 0 spiro atoms. The Morgan fingerprint density at radius 2 is 1.59 bits per heavy atom. The van der Waals surface area contributed by atoms with E-state index in [9.17, 15) is 14.7 Å². The molecule has 170 valence electrons. The number of aromatic hydroxyl groups is 1. The molecule has 0 unspecified atom stereocenters. The molecule has 4 rings (SSSR count). The number of esters is 1. The average molecular weight is 453 g/mol. The maximum atomic E-state index is 12.8. The van der Waals surface area contributed by atoms with E-state index in [1.54, 1.807) is 0 Å². The van der Waals surface area contributed by atoms with Gasteiger partial charge in [-0.15, -0.1) is 0 Å². The summed E-state index contributed by atoms with van der Waals surface area (Å²) in [5.74, 6) is -0.762. The number of carbonyl (C=O) groups excluding carboxylic acids is 2. The Bertz CT molecular complexity index is 1300. The van der Waals surface area contributed by atoms with Crippen LogP contribution >= 0.6 is 0 Å². The summed E-state index contributed by atoms with van der Waals surface area (Å²) >= 11 is 0. The molecule has 0 fully saturated rings. The summed E-state index contributed by atoms with van der Waals surface area (Å²) in [6.45, 7) is 2.27. The van der Waals surface area contributed by atoms with Crippen LogP contribution in [0.3, 0.4) is 0 Å². The zero-order chi connectivity index (χ0) is 23.9. The van der Waals surface area contributed by atoms with Gasteiger partial charge in [-0.25, -0.2) is 4.79 Å². The fourth-order valence-corrected chi connectivity index (χ4v) is 3.69. The third-order valence-electron chi connectivity index (χ3n) is 5.60. The highest BCUT2D eigenvalue weighted by Gasteiger charge is 2.19. The first-order chi connectivity index (χ1) is 16.6. The van der Waals surface area contributed by atoms with Gasteiger partial charge in [0.25, 0.3) is 0 Å². The number of hydrogen-bond acceptors (Lipinski definition) is 5. The molecule has 5 nitrogen and oxygen atoms in total. The molecule has 0 saturated heterocycles. The summed E-state index contributed by atoms with van der Waals surface area (Å²) < 4.78 is 11.4. The standard InChI is InChI=1S/C29H24O5/c1-20-23(13-8-14-25(20)22-11-6-3-7-12-22)19-33-28-16-27(31)24(17-30)15-26(28)29(32)34-18-21-9-4-2-5-10-21/h2-17,31H,18-19H2,1H3. The quantitative estimate of drug-likeness (QED) is 0.258. The highest BCUT2D eigenvalue weighted by atomic mass is 16.5. The summed E-state index contributed by atoms with van der Waals surface area (Å²) in [5, 5.41) is 10.2. The SMILES string of the molecule is Cc1c(COc2cc(O)c(C=O)cc2C(=O)OCc2ccccc2)cccc1-c1ccccc1. The first-order valence-corrected chi connectivity index (χ1v) is 10.9. The fraction of sp³-hybridized carbons (Fsp3) is 0.103. The molecule has 4 aromatic rings. The molecule has 0 amide bonds. The number of ether oxygens (including phenoxy) is 2. The Morgan fingerprint density at radius 1 is 0.882 bits per heavy atom. The number of phenols is 1. The molecule has 0 heterocycles. The van der Waals surface area contributed by atoms with Crippen molar-refractivity contribution in [1.29, 1.82) is 0 Å². The van der Waals surface area contributed by atoms with E-state index in [0.717, 1.165) is 27.8 Å². The third kappa shape index (κ3) is 5.15. The van der Waals surface area contributed by atoms with Crippen molar-refractivity contribution >= 4 is 12.3 Å². The van der Waals surface area contributed by atoms with Crippen LogP contribution in [0.25, 0.3) is 11.1 Å². The van der Waals surface area contributed by atoms with Crippen LogP contribution in [0.4, 0.5) is 0 Å². The molecule has 0 aliphatic heterocycles. The van der Waals surface area contributed by atoms with Crippen molar-refractivity contribution in [2.45, 2.75) is 20.1 Å². The van der Waals surface area contributed by atoms with Crippen LogP contribution in [-0.2, 0) is 18.0 Å². The smallest absolute Gasteiger partial charge is 0.342 e. The van der Waals surface area contributed by atoms with E-state index >= 15 is 0 Å². The minimum atomic E-state index is -0.642. The number of carbonyl (C=O) groups is 2. The molecule has 0 aromatic heterocycles. The van der Waals surface area contributed by atoms with Gasteiger partial charge in [0.2, 0.25) is 0 Å². The van der Waals surface area contributed by atoms with E-state index in [2.05, 4.69) is 0 Å². The Labute approximate surface area is 198 Å². The van der Waals surface area contributed by atoms with Crippen molar-refractivity contribution in [3.63, 3.8) is 0 Å². The van der Waals surface area contributed by atoms with Gasteiger partial charge in [0, 0.05) is 6.07 Å². The zero-order valence-corrected chi connectivity index (χ0v) is 18.7. The molecule has 1 N–H and O–H groups in total. The second-order valence-corrected chi connectivity index (χ2v) is 7.83. The number of hydrogen-bond donors (Lipinski definition) is 1. The largest absolute Gasteiger partial charge is 0.507 e. The van der Waals surface area contributed by atoms with E-state index in [1.807, 2.05) is 85.8 Å². The minimum Gasteiger partial charge on any atom is -0.507 e. The molecule has 0 aliphatic rings. The van der Waals surface area contributed by atoms with Crippen LogP contribution in [0.1, 0.15) is 37.4 Å². The summed E-state index contributed by atoms with van der Waals surface area (Å²) in [6.07, 6.45) is 0.487. The van der Waals surface area contributed by atoms with Gasteiger partial charge in [-0.3, -0.25) is 4.79 Å². The summed E-state index contributed by atoms with van der Waals surface area (Å²) in [6, 6.07) is 27.8. The van der Waals surface area contributed by atoms with E-state index in [0.29, 0.717) is 6.29 Å². The summed E-state index contributed by atoms with van der Waals surface area (Å²) in [7, 11) is 0. The van der Waals surface area contributed by atoms with Crippen molar-refractivity contribution in [1.82, 2.24) is 0 Å². The van der Waals surface area contributed by atoms with Crippen LogP contribution in [-0.4, -0.2) is 17.4 Å². The molecule has 0 radical (unpaired) electrons. The molecular weight excluding hydrogens is 428 g/mol. The second-order valence-electron chi connectivity index (χ2n) is 7.83. The number of benzene rings is 4. The van der Waals surface area contributed by atoms with E-state index in [-0.39, 0.29) is 35.8 Å². The molecule has 34 heavy (non-hydrogen) atoms. The highest BCUT2D eigenvalue weighted by Crippen LogP contribution is 2.31. The van der Waals surface area contributed by atoms with Crippen LogP contribution in [0.15, 0.2) is 91.0 Å². The maximum Gasteiger partial charge on any atom is 0.342 e. The molecule has 0 saturated carbocycles. The van der Waals surface area contributed by atoms with Gasteiger partial charge in [0.15, 0.2) is 6.29 Å². The van der Waals surface area contributed by atoms with Crippen molar-refractivity contribution in [2.24, 2.45) is 0 Å². The predicted molar refractivity (Wildman–Crippen MR) is 130 cm³/mol. The first kappa shape index (κ1) is 22.8. The lowest BCUT2D eigenvalue weighted by molar-refractivity contribution is 0.0467. The van der Waals surface area contributed by atoms with Gasteiger partial charge in [-0.05, 0) is 40.8 Å². The van der Waals surface area contributed by atoms with Crippen LogP contribution < -0.4 is 4.74 Å². The third-order valence-corrected chi connectivity index (χ3v) is 5.60. The van der Waals surface area contributed by atoms with Crippen molar-refractivity contribution in [2.75, 3.05) is 0 Å². The monoisotopic (exact) mass is 452 g/mol. The Morgan fingerprint density at radius 3 is 2.29 bits per heavy atom. The maximum absolute atomic E-state index is 12.8. The lowest BCUT2D eigenvalue weighted by atomic mass is 9.97. The highest BCUT2D eigenvalue weighted by molar-refractivity contribution is 5.95. The second kappa shape index (κ2) is 10.5. The Balaban J connectivity index is 1.58. The van der Waals surface area contributed by atoms with Crippen molar-refractivity contribution in [3.8, 4) is 22.6 Å². The molecule has 0 bridgehead atoms. The first-order valence-electron chi connectivity index (χ1n) is 10.9. The molecule has 0 aliphatic carbocycles. The predicted octanol–water partition coefficient (Wildman–Crippen LogP) is 6.12. The Kier molecular flexibility index (Phi) is 7.04. The number of aldehydes is 1. The van der Waals surface area contributed by atoms with Crippen molar-refractivity contribution in [3.05, 3.63) is 119 Å². The van der Waals surface area contributed by atoms with Gasteiger partial charge in [0.05, 0.1) is 5.56 Å². The van der Waals surface area contributed by atoms with E-state index < -0.39 is 5.97 Å². The van der Waals surface area contributed by atoms with Gasteiger partial charge in [0.1, 0.15) is 30.3 Å². The number of rotatable bonds is 8. The number of phenolic OH excluding ortho intramolecular Hbond substituents is 1. The van der Waals surface area contributed by atoms with E-state index in [1.165, 1.54) is 12.1 Å². The molecule has 0 atom stereocenters. The molecular formula is C29H24O5. The van der Waals surface area contributed by atoms with Crippen LogP contribution in [0, 0.1) is 6.92 Å². The molecule has 5 heteroatoms. The zero-order valence-electron chi connectivity index (χ0n) is 18.7. The lowest BCUT2D eigenvalue weighted by Crippen LogP contribution is -2.09. The summed E-state index contributed by atoms with van der Waals surface area (Å²) in [5.41, 5.74) is 5.07. The average Bonchev–Trinajstić information content (AvgIpc) is 2.88. The lowest BCUT2D eigenvalue weighted by Gasteiger charge is -2.15.